The average Bonchev–Trinajstić information content (AvgIpc) is 3.41. The minimum Gasteiger partial charge on any atom is -0.479 e. The first-order valence-corrected chi connectivity index (χ1v) is 9.04. The van der Waals surface area contributed by atoms with Gasteiger partial charge in [0.2, 0.25) is 5.88 Å². The van der Waals surface area contributed by atoms with Crippen LogP contribution in [0.2, 0.25) is 0 Å². The maximum absolute atomic E-state index is 5.41. The first kappa shape index (κ1) is 15.8. The maximum atomic E-state index is 5.41. The van der Waals surface area contributed by atoms with E-state index in [0.29, 0.717) is 18.1 Å². The minimum absolute atomic E-state index is 0.517. The van der Waals surface area contributed by atoms with Crippen molar-refractivity contribution in [2.45, 2.75) is 13.5 Å². The van der Waals surface area contributed by atoms with Crippen molar-refractivity contribution >= 4 is 28.2 Å². The molecule has 5 aromatic heterocycles. The number of aryl methyl sites for hydroxylation is 1. The number of rotatable bonds is 4. The largest absolute Gasteiger partial charge is 0.479 e. The van der Waals surface area contributed by atoms with Crippen LogP contribution in [0.15, 0.2) is 36.2 Å². The topological polar surface area (TPSA) is 95.9 Å². The molecule has 0 aliphatic rings. The summed E-state index contributed by atoms with van der Waals surface area (Å²) >= 11 is 1.34. The van der Waals surface area contributed by atoms with Gasteiger partial charge in [-0.05, 0) is 30.6 Å². The Labute approximate surface area is 157 Å². The Morgan fingerprint density at radius 3 is 3.00 bits per heavy atom. The van der Waals surface area contributed by atoms with E-state index in [1.54, 1.807) is 11.6 Å². The highest BCUT2D eigenvalue weighted by Gasteiger charge is 2.16. The van der Waals surface area contributed by atoms with Gasteiger partial charge in [-0.3, -0.25) is 0 Å². The van der Waals surface area contributed by atoms with Gasteiger partial charge in [-0.25, -0.2) is 14.5 Å². The molecule has 5 rings (SSSR count). The fourth-order valence-corrected chi connectivity index (χ4v) is 3.63. The zero-order valence-corrected chi connectivity index (χ0v) is 15.4. The quantitative estimate of drug-likeness (QED) is 0.474. The monoisotopic (exact) mass is 378 g/mol. The second kappa shape index (κ2) is 6.09. The number of hydrogen-bond donors (Lipinski definition) is 0. The molecule has 5 heterocycles. The zero-order chi connectivity index (χ0) is 18.4. The molecular formula is C17H14N8OS. The van der Waals surface area contributed by atoms with Crippen LogP contribution in [0, 0.1) is 6.92 Å². The molecule has 0 fully saturated rings. The normalized spacial score (nSPS) is 11.5. The van der Waals surface area contributed by atoms with E-state index < -0.39 is 0 Å². The molecule has 0 radical (unpaired) electrons. The van der Waals surface area contributed by atoms with Gasteiger partial charge in [0.05, 0.1) is 24.9 Å². The van der Waals surface area contributed by atoms with Crippen LogP contribution in [0.3, 0.4) is 0 Å². The van der Waals surface area contributed by atoms with Gasteiger partial charge >= 0.3 is 0 Å². The molecule has 134 valence electrons. The van der Waals surface area contributed by atoms with Crippen molar-refractivity contribution in [3.63, 3.8) is 0 Å². The minimum atomic E-state index is 0.517. The third-order valence-electron chi connectivity index (χ3n) is 4.45. The molecule has 10 heteroatoms. The van der Waals surface area contributed by atoms with E-state index in [9.17, 15) is 0 Å². The summed E-state index contributed by atoms with van der Waals surface area (Å²) in [6.07, 6.45) is 5.16. The summed E-state index contributed by atoms with van der Waals surface area (Å²) < 4.78 is 13.2. The van der Waals surface area contributed by atoms with Gasteiger partial charge in [-0.1, -0.05) is 4.49 Å². The molecule has 0 saturated heterocycles. The standard InChI is InChI=1S/C17H14N8OS/c1-10-21-16-14(24(10)7-12-8-27-23-22-12)5-11(6-18-16)13-3-4-25-15(13)17(26-2)19-9-20-25/h3-6,8-9H,7H2,1-2H3. The molecule has 0 aliphatic heterocycles. The third-order valence-corrected chi connectivity index (χ3v) is 5.00. The molecular weight excluding hydrogens is 364 g/mol. The average molecular weight is 378 g/mol. The van der Waals surface area contributed by atoms with Crippen molar-refractivity contribution in [1.29, 1.82) is 0 Å². The van der Waals surface area contributed by atoms with E-state index in [1.165, 1.54) is 17.9 Å². The summed E-state index contributed by atoms with van der Waals surface area (Å²) in [5.41, 5.74) is 5.22. The number of fused-ring (bicyclic) bond motifs is 2. The van der Waals surface area contributed by atoms with Crippen molar-refractivity contribution in [3.05, 3.63) is 47.8 Å². The smallest absolute Gasteiger partial charge is 0.241 e. The number of nitrogens with zero attached hydrogens (tertiary/aromatic N) is 8. The first-order chi connectivity index (χ1) is 13.2. The molecule has 0 spiro atoms. The van der Waals surface area contributed by atoms with Crippen LogP contribution >= 0.6 is 11.5 Å². The lowest BCUT2D eigenvalue weighted by molar-refractivity contribution is 0.399. The van der Waals surface area contributed by atoms with Crippen LogP contribution in [0.4, 0.5) is 0 Å². The van der Waals surface area contributed by atoms with Crippen molar-refractivity contribution in [1.82, 2.24) is 38.7 Å². The molecule has 0 saturated carbocycles. The SMILES string of the molecule is COc1ncnn2ccc(-c3cnc4nc(C)n(Cc5csnn5)c4c3)c12. The predicted octanol–water partition coefficient (Wildman–Crippen LogP) is 2.36. The molecule has 0 aromatic carbocycles. The predicted molar refractivity (Wildman–Crippen MR) is 99.8 cm³/mol. The van der Waals surface area contributed by atoms with Gasteiger partial charge in [0.15, 0.2) is 5.65 Å². The fraction of sp³-hybridized carbons (Fsp3) is 0.176. The number of pyridine rings is 1. The van der Waals surface area contributed by atoms with Gasteiger partial charge in [0.1, 0.15) is 17.7 Å². The molecule has 0 bridgehead atoms. The van der Waals surface area contributed by atoms with Gasteiger partial charge in [-0.2, -0.15) is 10.1 Å². The second-order valence-electron chi connectivity index (χ2n) is 6.00. The molecule has 27 heavy (non-hydrogen) atoms. The van der Waals surface area contributed by atoms with E-state index in [0.717, 1.165) is 33.7 Å². The van der Waals surface area contributed by atoms with Gasteiger partial charge < -0.3 is 9.30 Å². The Morgan fingerprint density at radius 2 is 2.19 bits per heavy atom. The molecule has 9 nitrogen and oxygen atoms in total. The first-order valence-electron chi connectivity index (χ1n) is 8.20. The Bertz CT molecular complexity index is 1260. The summed E-state index contributed by atoms with van der Waals surface area (Å²) in [7, 11) is 1.60. The summed E-state index contributed by atoms with van der Waals surface area (Å²) in [6.45, 7) is 2.57. The van der Waals surface area contributed by atoms with E-state index in [4.69, 9.17) is 4.74 Å². The van der Waals surface area contributed by atoms with Gasteiger partial charge in [0.25, 0.3) is 0 Å². The Balaban J connectivity index is 1.69. The Kier molecular flexibility index (Phi) is 3.57. The lowest BCUT2D eigenvalue weighted by Crippen LogP contribution is -2.02. The Hall–Kier alpha value is -3.40. The molecule has 0 amide bonds. The molecule has 5 aromatic rings. The molecule has 0 atom stereocenters. The lowest BCUT2D eigenvalue weighted by Gasteiger charge is -2.06. The van der Waals surface area contributed by atoms with Gasteiger partial charge in [0, 0.05) is 28.9 Å². The Morgan fingerprint density at radius 1 is 1.26 bits per heavy atom. The van der Waals surface area contributed by atoms with Crippen LogP contribution in [0.25, 0.3) is 27.8 Å². The number of hydrogen-bond acceptors (Lipinski definition) is 8. The van der Waals surface area contributed by atoms with E-state index in [1.807, 2.05) is 30.8 Å². The van der Waals surface area contributed by atoms with Crippen LogP contribution in [-0.2, 0) is 6.54 Å². The molecule has 0 unspecified atom stereocenters. The van der Waals surface area contributed by atoms with E-state index in [2.05, 4.69) is 40.3 Å². The molecule has 0 N–H and O–H groups in total. The van der Waals surface area contributed by atoms with Crippen LogP contribution in [-0.4, -0.2) is 45.8 Å². The summed E-state index contributed by atoms with van der Waals surface area (Å²) in [4.78, 5) is 13.3. The van der Waals surface area contributed by atoms with Crippen LogP contribution in [0.1, 0.15) is 11.5 Å². The highest BCUT2D eigenvalue weighted by Crippen LogP contribution is 2.31. The van der Waals surface area contributed by atoms with Crippen LogP contribution < -0.4 is 4.74 Å². The number of ether oxygens (including phenoxy) is 1. The molecule has 0 aliphatic carbocycles. The zero-order valence-electron chi connectivity index (χ0n) is 14.6. The fourth-order valence-electron chi connectivity index (χ4n) is 3.19. The number of methoxy groups -OCH3 is 1. The highest BCUT2D eigenvalue weighted by molar-refractivity contribution is 7.03. The number of aromatic nitrogens is 8. The van der Waals surface area contributed by atoms with Crippen LogP contribution in [0.5, 0.6) is 5.88 Å². The lowest BCUT2D eigenvalue weighted by atomic mass is 10.1. The summed E-state index contributed by atoms with van der Waals surface area (Å²) in [5, 5.41) is 10.3. The van der Waals surface area contributed by atoms with Crippen molar-refractivity contribution in [2.24, 2.45) is 0 Å². The van der Waals surface area contributed by atoms with Crippen molar-refractivity contribution < 1.29 is 4.74 Å². The van der Waals surface area contributed by atoms with Gasteiger partial charge in [-0.15, -0.1) is 5.10 Å². The number of imidazole rings is 1. The van der Waals surface area contributed by atoms with E-state index >= 15 is 0 Å². The van der Waals surface area contributed by atoms with Crippen molar-refractivity contribution in [3.8, 4) is 17.0 Å². The van der Waals surface area contributed by atoms with E-state index in [-0.39, 0.29) is 0 Å². The maximum Gasteiger partial charge on any atom is 0.241 e. The second-order valence-corrected chi connectivity index (χ2v) is 6.61. The highest BCUT2D eigenvalue weighted by atomic mass is 32.1. The van der Waals surface area contributed by atoms with Crippen molar-refractivity contribution in [2.75, 3.05) is 7.11 Å². The summed E-state index contributed by atoms with van der Waals surface area (Å²) in [6, 6.07) is 4.05. The summed E-state index contributed by atoms with van der Waals surface area (Å²) in [5.74, 6) is 1.40. The third kappa shape index (κ3) is 2.53.